The van der Waals surface area contributed by atoms with Crippen LogP contribution in [0.2, 0.25) is 0 Å². The SMILES string of the molecule is CCCCN(C)c1ccnc(Nc2ccc(CC)cc2)n1. The van der Waals surface area contributed by atoms with Crippen molar-refractivity contribution in [2.75, 3.05) is 23.8 Å². The molecular formula is C17H24N4. The largest absolute Gasteiger partial charge is 0.360 e. The number of anilines is 3. The van der Waals surface area contributed by atoms with E-state index in [4.69, 9.17) is 0 Å². The van der Waals surface area contributed by atoms with Crippen LogP contribution in [0.3, 0.4) is 0 Å². The standard InChI is InChI=1S/C17H24N4/c1-4-6-13-21(3)16-11-12-18-17(20-16)19-15-9-7-14(5-2)8-10-15/h7-12H,4-6,13H2,1-3H3,(H,18,19,20). The number of rotatable bonds is 7. The zero-order valence-corrected chi connectivity index (χ0v) is 13.1. The summed E-state index contributed by atoms with van der Waals surface area (Å²) in [5.74, 6) is 1.59. The lowest BCUT2D eigenvalue weighted by molar-refractivity contribution is 0.759. The third-order valence-corrected chi connectivity index (χ3v) is 3.50. The molecule has 2 rings (SSSR count). The molecular weight excluding hydrogens is 260 g/mol. The zero-order chi connectivity index (χ0) is 15.1. The van der Waals surface area contributed by atoms with Gasteiger partial charge in [0.05, 0.1) is 0 Å². The van der Waals surface area contributed by atoms with Crippen molar-refractivity contribution < 1.29 is 0 Å². The lowest BCUT2D eigenvalue weighted by atomic mass is 10.1. The molecule has 0 aliphatic rings. The van der Waals surface area contributed by atoms with E-state index < -0.39 is 0 Å². The minimum Gasteiger partial charge on any atom is -0.360 e. The average Bonchev–Trinajstić information content (AvgIpc) is 2.53. The Kier molecular flexibility index (Phi) is 5.55. The molecule has 1 N–H and O–H groups in total. The van der Waals surface area contributed by atoms with Crippen molar-refractivity contribution in [1.82, 2.24) is 9.97 Å². The third kappa shape index (κ3) is 4.45. The van der Waals surface area contributed by atoms with Crippen LogP contribution in [0, 0.1) is 0 Å². The first-order valence-electron chi connectivity index (χ1n) is 7.63. The summed E-state index contributed by atoms with van der Waals surface area (Å²) in [6, 6.07) is 10.3. The summed E-state index contributed by atoms with van der Waals surface area (Å²) in [7, 11) is 2.07. The molecule has 4 nitrogen and oxygen atoms in total. The number of aromatic nitrogens is 2. The van der Waals surface area contributed by atoms with Crippen LogP contribution in [0.5, 0.6) is 0 Å². The van der Waals surface area contributed by atoms with Gasteiger partial charge in [0.2, 0.25) is 5.95 Å². The van der Waals surface area contributed by atoms with E-state index in [-0.39, 0.29) is 0 Å². The van der Waals surface area contributed by atoms with Crippen molar-refractivity contribution >= 4 is 17.5 Å². The number of benzene rings is 1. The highest BCUT2D eigenvalue weighted by atomic mass is 15.2. The molecule has 0 radical (unpaired) electrons. The monoisotopic (exact) mass is 284 g/mol. The van der Waals surface area contributed by atoms with Crippen LogP contribution in [0.4, 0.5) is 17.5 Å². The van der Waals surface area contributed by atoms with Gasteiger partial charge in [-0.15, -0.1) is 0 Å². The van der Waals surface area contributed by atoms with Crippen molar-refractivity contribution in [3.63, 3.8) is 0 Å². The Morgan fingerprint density at radius 3 is 2.52 bits per heavy atom. The van der Waals surface area contributed by atoms with Crippen LogP contribution >= 0.6 is 0 Å². The van der Waals surface area contributed by atoms with Crippen molar-refractivity contribution in [2.45, 2.75) is 33.1 Å². The fraction of sp³-hybridized carbons (Fsp3) is 0.412. The van der Waals surface area contributed by atoms with Gasteiger partial charge < -0.3 is 10.2 Å². The molecule has 0 saturated carbocycles. The van der Waals surface area contributed by atoms with Gasteiger partial charge in [-0.05, 0) is 36.6 Å². The molecule has 1 heterocycles. The predicted octanol–water partition coefficient (Wildman–Crippen LogP) is 4.02. The van der Waals surface area contributed by atoms with Gasteiger partial charge in [0.15, 0.2) is 0 Å². The fourth-order valence-electron chi connectivity index (χ4n) is 2.08. The number of aryl methyl sites for hydroxylation is 1. The Bertz CT molecular complexity index is 551. The first-order valence-corrected chi connectivity index (χ1v) is 7.63. The summed E-state index contributed by atoms with van der Waals surface area (Å²) in [4.78, 5) is 11.0. The summed E-state index contributed by atoms with van der Waals surface area (Å²) in [6.07, 6.45) is 5.20. The molecule has 4 heteroatoms. The first kappa shape index (κ1) is 15.3. The van der Waals surface area contributed by atoms with Gasteiger partial charge in [0.1, 0.15) is 5.82 Å². The Hall–Kier alpha value is -2.10. The molecule has 0 spiro atoms. The summed E-state index contributed by atoms with van der Waals surface area (Å²) in [6.45, 7) is 5.36. The molecule has 0 aliphatic carbocycles. The molecule has 1 aromatic heterocycles. The number of nitrogens with one attached hydrogen (secondary N) is 1. The van der Waals surface area contributed by atoms with Crippen LogP contribution in [0.1, 0.15) is 32.3 Å². The molecule has 0 fully saturated rings. The van der Waals surface area contributed by atoms with Gasteiger partial charge in [-0.3, -0.25) is 0 Å². The number of unbranched alkanes of at least 4 members (excludes halogenated alkanes) is 1. The molecule has 0 bridgehead atoms. The number of nitrogens with zero attached hydrogens (tertiary/aromatic N) is 3. The molecule has 2 aromatic rings. The Labute approximate surface area is 127 Å². The molecule has 21 heavy (non-hydrogen) atoms. The highest BCUT2D eigenvalue weighted by Gasteiger charge is 2.04. The fourth-order valence-corrected chi connectivity index (χ4v) is 2.08. The maximum absolute atomic E-state index is 4.57. The maximum atomic E-state index is 4.57. The van der Waals surface area contributed by atoms with E-state index in [1.165, 1.54) is 18.4 Å². The topological polar surface area (TPSA) is 41.1 Å². The molecule has 112 valence electrons. The van der Waals surface area contributed by atoms with Gasteiger partial charge >= 0.3 is 0 Å². The van der Waals surface area contributed by atoms with Crippen molar-refractivity contribution in [1.29, 1.82) is 0 Å². The number of hydrogen-bond acceptors (Lipinski definition) is 4. The van der Waals surface area contributed by atoms with E-state index in [1.54, 1.807) is 6.20 Å². The average molecular weight is 284 g/mol. The summed E-state index contributed by atoms with van der Waals surface area (Å²) in [5.41, 5.74) is 2.34. The van der Waals surface area contributed by atoms with Crippen LogP contribution in [-0.2, 0) is 6.42 Å². The Morgan fingerprint density at radius 2 is 1.86 bits per heavy atom. The highest BCUT2D eigenvalue weighted by Crippen LogP contribution is 2.17. The third-order valence-electron chi connectivity index (χ3n) is 3.50. The van der Waals surface area contributed by atoms with Crippen LogP contribution in [0.15, 0.2) is 36.5 Å². The van der Waals surface area contributed by atoms with Gasteiger partial charge in [0, 0.05) is 25.5 Å². The van der Waals surface area contributed by atoms with Gasteiger partial charge in [-0.1, -0.05) is 32.4 Å². The Balaban J connectivity index is 2.06. The molecule has 0 saturated heterocycles. The van der Waals surface area contributed by atoms with E-state index in [2.05, 4.69) is 65.3 Å². The second kappa shape index (κ2) is 7.62. The van der Waals surface area contributed by atoms with E-state index in [0.717, 1.165) is 24.5 Å². The molecule has 0 aliphatic heterocycles. The van der Waals surface area contributed by atoms with Crippen LogP contribution < -0.4 is 10.2 Å². The molecule has 0 unspecified atom stereocenters. The highest BCUT2D eigenvalue weighted by molar-refractivity contribution is 5.55. The normalized spacial score (nSPS) is 10.4. The lowest BCUT2D eigenvalue weighted by Gasteiger charge is -2.18. The van der Waals surface area contributed by atoms with E-state index in [9.17, 15) is 0 Å². The second-order valence-electron chi connectivity index (χ2n) is 5.19. The van der Waals surface area contributed by atoms with Crippen LogP contribution in [-0.4, -0.2) is 23.6 Å². The molecule has 0 atom stereocenters. The van der Waals surface area contributed by atoms with Crippen molar-refractivity contribution in [3.05, 3.63) is 42.1 Å². The predicted molar refractivity (Wildman–Crippen MR) is 89.3 cm³/mol. The smallest absolute Gasteiger partial charge is 0.229 e. The van der Waals surface area contributed by atoms with E-state index in [0.29, 0.717) is 5.95 Å². The Morgan fingerprint density at radius 1 is 1.10 bits per heavy atom. The van der Waals surface area contributed by atoms with Crippen molar-refractivity contribution in [2.24, 2.45) is 0 Å². The van der Waals surface area contributed by atoms with E-state index >= 15 is 0 Å². The summed E-state index contributed by atoms with van der Waals surface area (Å²) in [5, 5.41) is 3.26. The maximum Gasteiger partial charge on any atom is 0.229 e. The molecule has 1 aromatic carbocycles. The van der Waals surface area contributed by atoms with Crippen LogP contribution in [0.25, 0.3) is 0 Å². The lowest BCUT2D eigenvalue weighted by Crippen LogP contribution is -2.19. The summed E-state index contributed by atoms with van der Waals surface area (Å²) >= 11 is 0. The van der Waals surface area contributed by atoms with Gasteiger partial charge in [0.25, 0.3) is 0 Å². The van der Waals surface area contributed by atoms with Gasteiger partial charge in [-0.2, -0.15) is 4.98 Å². The first-order chi connectivity index (χ1) is 10.2. The molecule has 0 amide bonds. The number of hydrogen-bond donors (Lipinski definition) is 1. The van der Waals surface area contributed by atoms with Gasteiger partial charge in [-0.25, -0.2) is 4.98 Å². The second-order valence-corrected chi connectivity index (χ2v) is 5.19. The summed E-state index contributed by atoms with van der Waals surface area (Å²) < 4.78 is 0. The minimum atomic E-state index is 0.639. The van der Waals surface area contributed by atoms with Crippen molar-refractivity contribution in [3.8, 4) is 0 Å². The minimum absolute atomic E-state index is 0.639. The zero-order valence-electron chi connectivity index (χ0n) is 13.1. The van der Waals surface area contributed by atoms with E-state index in [1.807, 2.05) is 6.07 Å². The quantitative estimate of drug-likeness (QED) is 0.833.